The predicted octanol–water partition coefficient (Wildman–Crippen LogP) is 11.6. The van der Waals surface area contributed by atoms with Crippen molar-refractivity contribution in [2.24, 2.45) is 0 Å². The molecule has 7 aliphatic rings. The van der Waals surface area contributed by atoms with Crippen molar-refractivity contribution >= 4 is 105 Å². The minimum atomic E-state index is -3.05. The summed E-state index contributed by atoms with van der Waals surface area (Å²) in [7, 11) is -6.10. The quantitative estimate of drug-likeness (QED) is 0.162. The standard InChI is InChI=1S/C54H52N2O2P2S4/c57-59(37-15-3-1-4-16-37)43-21-9-13-25-49(43)63-53-31-35(27-29-45(53)59)55-39-19-7-11-23-47(39)61-51-34-42-52(33-41(51)55)62-48-24-12-8-20-40(48)56(42)36-28-30-46-54(32-36)64-50-26-14-10-22-44(50)60(46,58)38-17-5-2-6-18-38/h1-6,9-10,13-18,21-22,25-32,39-42,47-48,51-52H,7-8,11-12,19-20,23-24,33-34H2. The van der Waals surface area contributed by atoms with E-state index < -0.39 is 14.3 Å². The van der Waals surface area contributed by atoms with Crippen LogP contribution in [0.1, 0.15) is 64.2 Å². The average Bonchev–Trinajstić information content (AvgIpc) is 3.34. The van der Waals surface area contributed by atoms with Crippen molar-refractivity contribution in [1.82, 2.24) is 0 Å². The van der Waals surface area contributed by atoms with Gasteiger partial charge < -0.3 is 18.9 Å². The molecule has 0 amide bonds. The summed E-state index contributed by atoms with van der Waals surface area (Å²) in [5.74, 6) is 0. The van der Waals surface area contributed by atoms with Gasteiger partial charge >= 0.3 is 0 Å². The molecular weight excluding hydrogens is 899 g/mol. The molecule has 0 spiro atoms. The van der Waals surface area contributed by atoms with Gasteiger partial charge in [0.25, 0.3) is 0 Å². The van der Waals surface area contributed by atoms with E-state index in [1.165, 1.54) is 75.6 Å². The van der Waals surface area contributed by atoms with Gasteiger partial charge in [-0.25, -0.2) is 0 Å². The zero-order chi connectivity index (χ0) is 42.6. The van der Waals surface area contributed by atoms with E-state index in [9.17, 15) is 0 Å². The Morgan fingerprint density at radius 2 is 0.781 bits per heavy atom. The van der Waals surface area contributed by atoms with Gasteiger partial charge in [0.2, 0.25) is 0 Å². The Morgan fingerprint density at radius 3 is 1.23 bits per heavy atom. The lowest BCUT2D eigenvalue weighted by atomic mass is 9.82. The second-order valence-corrected chi connectivity index (χ2v) is 29.4. The molecule has 4 heterocycles. The van der Waals surface area contributed by atoms with Crippen molar-refractivity contribution in [2.75, 3.05) is 9.80 Å². The third kappa shape index (κ3) is 6.42. The number of rotatable bonds is 4. The zero-order valence-electron chi connectivity index (χ0n) is 35.8. The van der Waals surface area contributed by atoms with E-state index >= 15 is 9.13 Å². The molecule has 6 aromatic carbocycles. The van der Waals surface area contributed by atoms with E-state index in [4.69, 9.17) is 0 Å². The summed E-state index contributed by atoms with van der Waals surface area (Å²) < 4.78 is 31.2. The van der Waals surface area contributed by atoms with Gasteiger partial charge in [0.05, 0.1) is 0 Å². The summed E-state index contributed by atoms with van der Waals surface area (Å²) in [6, 6.07) is 53.4. The second kappa shape index (κ2) is 16.2. The van der Waals surface area contributed by atoms with Gasteiger partial charge in [0.1, 0.15) is 0 Å². The molecule has 4 nitrogen and oxygen atoms in total. The molecule has 0 bridgehead atoms. The van der Waals surface area contributed by atoms with Crippen LogP contribution >= 0.6 is 61.3 Å². The Kier molecular flexibility index (Phi) is 10.4. The Balaban J connectivity index is 0.880. The van der Waals surface area contributed by atoms with Gasteiger partial charge in [-0.15, -0.1) is 0 Å². The highest BCUT2D eigenvalue weighted by Crippen LogP contribution is 2.58. The van der Waals surface area contributed by atoms with E-state index in [1.807, 2.05) is 72.1 Å². The molecule has 3 aliphatic carbocycles. The van der Waals surface area contributed by atoms with E-state index in [0.717, 1.165) is 51.4 Å². The summed E-state index contributed by atoms with van der Waals surface area (Å²) in [6.07, 6.45) is 12.7. The highest BCUT2D eigenvalue weighted by molar-refractivity contribution is 8.03. The smallest absolute Gasteiger partial charge is 0.173 e. The van der Waals surface area contributed by atoms with Crippen LogP contribution < -0.4 is 41.6 Å². The van der Waals surface area contributed by atoms with Gasteiger partial charge in [-0.05, 0) is 99.2 Å². The van der Waals surface area contributed by atoms with Crippen molar-refractivity contribution in [3.05, 3.63) is 146 Å². The first-order chi connectivity index (χ1) is 31.5. The number of hydrogen-bond acceptors (Lipinski definition) is 8. The zero-order valence-corrected chi connectivity index (χ0v) is 40.8. The van der Waals surface area contributed by atoms with Gasteiger partial charge in [0.15, 0.2) is 14.3 Å². The Hall–Kier alpha value is -3.22. The van der Waals surface area contributed by atoms with Crippen molar-refractivity contribution in [3.63, 3.8) is 0 Å². The molecule has 64 heavy (non-hydrogen) atoms. The molecule has 4 aliphatic heterocycles. The van der Waals surface area contributed by atoms with E-state index in [1.54, 1.807) is 0 Å². The third-order valence-corrected chi connectivity index (χ3v) is 28.2. The number of nitrogens with zero attached hydrogens (tertiary/aromatic N) is 2. The molecule has 5 fully saturated rings. The van der Waals surface area contributed by atoms with Crippen molar-refractivity contribution in [3.8, 4) is 0 Å². The van der Waals surface area contributed by atoms with Crippen molar-refractivity contribution in [2.45, 2.75) is 129 Å². The normalized spacial score (nSPS) is 32.3. The van der Waals surface area contributed by atoms with Crippen LogP contribution in [0, 0.1) is 0 Å². The number of thioether (sulfide) groups is 2. The summed E-state index contributed by atoms with van der Waals surface area (Å²) in [5.41, 5.74) is 2.66. The number of benzene rings is 6. The molecule has 0 radical (unpaired) electrons. The van der Waals surface area contributed by atoms with Crippen LogP contribution in [0.3, 0.4) is 0 Å². The first-order valence-corrected chi connectivity index (χ1v) is 30.4. The highest BCUT2D eigenvalue weighted by atomic mass is 32.2. The van der Waals surface area contributed by atoms with Gasteiger partial charge in [-0.2, -0.15) is 23.5 Å². The molecule has 10 unspecified atom stereocenters. The first-order valence-electron chi connectivity index (χ1n) is 23.5. The van der Waals surface area contributed by atoms with E-state index in [2.05, 4.69) is 130 Å². The maximum atomic E-state index is 15.6. The molecule has 3 saturated carbocycles. The van der Waals surface area contributed by atoms with Crippen LogP contribution in [-0.4, -0.2) is 45.2 Å². The topological polar surface area (TPSA) is 40.6 Å². The van der Waals surface area contributed by atoms with Crippen molar-refractivity contribution in [1.29, 1.82) is 0 Å². The monoisotopic (exact) mass is 950 g/mol. The third-order valence-electron chi connectivity index (χ3n) is 15.5. The molecule has 13 rings (SSSR count). The van der Waals surface area contributed by atoms with Crippen molar-refractivity contribution < 1.29 is 9.13 Å². The predicted molar refractivity (Wildman–Crippen MR) is 277 cm³/mol. The average molecular weight is 951 g/mol. The van der Waals surface area contributed by atoms with Crippen LogP contribution in [0.4, 0.5) is 11.4 Å². The SMILES string of the molecule is O=P1(c2ccccc2)c2ccccc2Sc2cc(N3C4CCCCC4SC4CC5C(CC43)SC3CCCCC3N5c3ccc4c(c3)Sc3ccccc3P4(=O)c3ccccc3)ccc21. The molecule has 6 aromatic rings. The molecule has 324 valence electrons. The Bertz CT molecular complexity index is 2690. The largest absolute Gasteiger partial charge is 0.363 e. The van der Waals surface area contributed by atoms with Gasteiger partial charge in [-0.1, -0.05) is 134 Å². The second-order valence-electron chi connectivity index (χ2n) is 18.9. The first kappa shape index (κ1) is 41.0. The van der Waals surface area contributed by atoms with Crippen LogP contribution in [0.15, 0.2) is 165 Å². The van der Waals surface area contributed by atoms with Crippen LogP contribution in [-0.2, 0) is 9.13 Å². The summed E-state index contributed by atoms with van der Waals surface area (Å²) in [6.45, 7) is 0. The highest BCUT2D eigenvalue weighted by Gasteiger charge is 2.54. The Labute approximate surface area is 395 Å². The molecule has 10 atom stereocenters. The summed E-state index contributed by atoms with van der Waals surface area (Å²) >= 11 is 8.31. The van der Waals surface area contributed by atoms with Crippen LogP contribution in [0.25, 0.3) is 0 Å². The van der Waals surface area contributed by atoms with Gasteiger partial charge in [-0.3, -0.25) is 0 Å². The van der Waals surface area contributed by atoms with E-state index in [-0.39, 0.29) is 0 Å². The molecule has 2 saturated heterocycles. The molecule has 0 N–H and O–H groups in total. The summed E-state index contributed by atoms with van der Waals surface area (Å²) in [4.78, 5) is 10.4. The maximum Gasteiger partial charge on any atom is 0.173 e. The minimum Gasteiger partial charge on any atom is -0.363 e. The lowest BCUT2D eigenvalue weighted by molar-refractivity contribution is 0.287. The van der Waals surface area contributed by atoms with Crippen LogP contribution in [0.2, 0.25) is 0 Å². The fourth-order valence-electron chi connectivity index (χ4n) is 12.7. The van der Waals surface area contributed by atoms with Crippen LogP contribution in [0.5, 0.6) is 0 Å². The Morgan fingerprint density at radius 1 is 0.391 bits per heavy atom. The number of hydrogen-bond donors (Lipinski definition) is 0. The fraction of sp³-hybridized carbons (Fsp3) is 0.333. The molecular formula is C54H52N2O2P2S4. The molecule has 0 aromatic heterocycles. The van der Waals surface area contributed by atoms with Gasteiger partial charge in [0, 0.05) is 108 Å². The lowest BCUT2D eigenvalue weighted by Gasteiger charge is -2.61. The minimum absolute atomic E-state index is 0.451. The number of anilines is 2. The lowest BCUT2D eigenvalue weighted by Crippen LogP contribution is -2.67. The van der Waals surface area contributed by atoms with E-state index in [0.29, 0.717) is 45.2 Å². The number of fused-ring (bicyclic) bond motifs is 8. The summed E-state index contributed by atoms with van der Waals surface area (Å²) in [5, 5.41) is 8.06. The fourth-order valence-corrected chi connectivity index (χ4v) is 26.0. The molecule has 10 heteroatoms. The maximum absolute atomic E-state index is 15.6.